The molecule has 0 aliphatic rings. The molecule has 0 saturated carbocycles. The highest BCUT2D eigenvalue weighted by molar-refractivity contribution is 5.77. The lowest BCUT2D eigenvalue weighted by atomic mass is 10.0. The first-order valence-corrected chi connectivity index (χ1v) is 7.23. The molecule has 0 spiro atoms. The van der Waals surface area contributed by atoms with Gasteiger partial charge in [0.05, 0.1) is 6.54 Å². The number of carbonyl (C=O) groups excluding carboxylic acids is 1. The summed E-state index contributed by atoms with van der Waals surface area (Å²) in [5, 5.41) is 12.1. The van der Waals surface area contributed by atoms with Crippen LogP contribution in [0.25, 0.3) is 0 Å². The summed E-state index contributed by atoms with van der Waals surface area (Å²) in [5.74, 6) is 0.555. The SMILES string of the molecule is CC.CC(=O)CNC(C)C.Cc1cc(O)cc(C)c1C. The molecule has 0 heterocycles. The Morgan fingerprint density at radius 3 is 1.80 bits per heavy atom. The number of nitrogens with one attached hydrogen (secondary N) is 1. The molecule has 0 bridgehead atoms. The number of carbonyl (C=O) groups is 1. The largest absolute Gasteiger partial charge is 0.508 e. The molecule has 116 valence electrons. The molecule has 0 saturated heterocycles. The third-order valence-corrected chi connectivity index (χ3v) is 2.67. The Hall–Kier alpha value is -1.35. The molecule has 3 heteroatoms. The summed E-state index contributed by atoms with van der Waals surface area (Å²) in [7, 11) is 0. The Labute approximate surface area is 124 Å². The molecule has 0 fully saturated rings. The number of ketones is 1. The van der Waals surface area contributed by atoms with Crippen LogP contribution in [0, 0.1) is 20.8 Å². The fraction of sp³-hybridized carbons (Fsp3) is 0.588. The van der Waals surface area contributed by atoms with Crippen LogP contribution < -0.4 is 5.32 Å². The fourth-order valence-corrected chi connectivity index (χ4v) is 1.36. The molecule has 3 nitrogen and oxygen atoms in total. The molecule has 0 amide bonds. The lowest BCUT2D eigenvalue weighted by Gasteiger charge is -2.03. The van der Waals surface area contributed by atoms with Crippen molar-refractivity contribution in [3.8, 4) is 5.75 Å². The van der Waals surface area contributed by atoms with Gasteiger partial charge in [0.2, 0.25) is 0 Å². The van der Waals surface area contributed by atoms with Gasteiger partial charge in [0.1, 0.15) is 11.5 Å². The van der Waals surface area contributed by atoms with E-state index in [0.717, 1.165) is 11.1 Å². The second kappa shape index (κ2) is 11.5. The molecule has 20 heavy (non-hydrogen) atoms. The van der Waals surface area contributed by atoms with Crippen LogP contribution >= 0.6 is 0 Å². The minimum Gasteiger partial charge on any atom is -0.508 e. The molecule has 0 aromatic heterocycles. The number of Topliss-reactive ketones (excluding diaryl/α,β-unsaturated/α-hetero) is 1. The topological polar surface area (TPSA) is 49.3 Å². The van der Waals surface area contributed by atoms with Crippen LogP contribution in [0.3, 0.4) is 0 Å². The highest BCUT2D eigenvalue weighted by Gasteiger charge is 1.97. The zero-order chi connectivity index (χ0) is 16.3. The summed E-state index contributed by atoms with van der Waals surface area (Å²) in [5.41, 5.74) is 3.56. The minimum absolute atomic E-state index is 0.193. The average Bonchev–Trinajstić information content (AvgIpc) is 2.36. The maximum atomic E-state index is 10.3. The van der Waals surface area contributed by atoms with Crippen molar-refractivity contribution in [1.29, 1.82) is 0 Å². The molecular formula is C17H31NO2. The third-order valence-electron chi connectivity index (χ3n) is 2.67. The van der Waals surface area contributed by atoms with E-state index < -0.39 is 0 Å². The molecule has 1 rings (SSSR count). The molecule has 0 unspecified atom stereocenters. The van der Waals surface area contributed by atoms with E-state index in [1.165, 1.54) is 5.56 Å². The summed E-state index contributed by atoms with van der Waals surface area (Å²) in [6.45, 7) is 16.2. The lowest BCUT2D eigenvalue weighted by molar-refractivity contribution is -0.116. The smallest absolute Gasteiger partial charge is 0.143 e. The van der Waals surface area contributed by atoms with Crippen LogP contribution in [0.15, 0.2) is 12.1 Å². The number of aromatic hydroxyl groups is 1. The first-order valence-electron chi connectivity index (χ1n) is 7.23. The summed E-state index contributed by atoms with van der Waals surface area (Å²) >= 11 is 0. The van der Waals surface area contributed by atoms with Crippen molar-refractivity contribution in [3.63, 3.8) is 0 Å². The minimum atomic E-state index is 0.193. The van der Waals surface area contributed by atoms with E-state index in [0.29, 0.717) is 18.3 Å². The van der Waals surface area contributed by atoms with E-state index in [-0.39, 0.29) is 5.78 Å². The first-order chi connectivity index (χ1) is 9.23. The molecular weight excluding hydrogens is 250 g/mol. The Morgan fingerprint density at radius 1 is 1.15 bits per heavy atom. The van der Waals surface area contributed by atoms with Crippen LogP contribution in [-0.2, 0) is 4.79 Å². The normalized spacial score (nSPS) is 9.25. The Bertz CT molecular complexity index is 375. The maximum absolute atomic E-state index is 10.3. The van der Waals surface area contributed by atoms with Crippen LogP contribution in [0.1, 0.15) is 51.3 Å². The van der Waals surface area contributed by atoms with Gasteiger partial charge in [0, 0.05) is 6.04 Å². The lowest BCUT2D eigenvalue weighted by Crippen LogP contribution is -2.27. The highest BCUT2D eigenvalue weighted by Crippen LogP contribution is 2.18. The standard InChI is InChI=1S/C9H12O.C6H13NO.C2H6/c1-6-4-9(10)5-7(2)8(6)3;1-5(2)7-4-6(3)8;1-2/h4-5,10H,1-3H3;5,7H,4H2,1-3H3;1-2H3. The number of hydrogen-bond donors (Lipinski definition) is 2. The number of phenols is 1. The van der Waals surface area contributed by atoms with Gasteiger partial charge in [0.15, 0.2) is 0 Å². The van der Waals surface area contributed by atoms with Gasteiger partial charge in [-0.25, -0.2) is 0 Å². The van der Waals surface area contributed by atoms with Gasteiger partial charge < -0.3 is 10.4 Å². The molecule has 0 aliphatic heterocycles. The molecule has 0 aliphatic carbocycles. The number of hydrogen-bond acceptors (Lipinski definition) is 3. The van der Waals surface area contributed by atoms with Crippen molar-refractivity contribution in [2.45, 2.75) is 61.4 Å². The van der Waals surface area contributed by atoms with Gasteiger partial charge in [-0.15, -0.1) is 0 Å². The van der Waals surface area contributed by atoms with E-state index in [4.69, 9.17) is 5.11 Å². The number of rotatable bonds is 3. The maximum Gasteiger partial charge on any atom is 0.143 e. The summed E-state index contributed by atoms with van der Waals surface area (Å²) < 4.78 is 0. The van der Waals surface area contributed by atoms with Crippen molar-refractivity contribution in [1.82, 2.24) is 5.32 Å². The second-order valence-electron chi connectivity index (χ2n) is 4.94. The van der Waals surface area contributed by atoms with E-state index in [9.17, 15) is 4.79 Å². The van der Waals surface area contributed by atoms with Crippen molar-refractivity contribution >= 4 is 5.78 Å². The number of phenolic OH excluding ortho intramolecular Hbond substituents is 1. The Morgan fingerprint density at radius 2 is 1.55 bits per heavy atom. The quantitative estimate of drug-likeness (QED) is 0.883. The second-order valence-corrected chi connectivity index (χ2v) is 4.94. The molecule has 1 aromatic rings. The van der Waals surface area contributed by atoms with E-state index in [2.05, 4.69) is 12.2 Å². The zero-order valence-corrected chi connectivity index (χ0v) is 14.3. The van der Waals surface area contributed by atoms with Gasteiger partial charge in [-0.2, -0.15) is 0 Å². The van der Waals surface area contributed by atoms with Crippen LogP contribution in [0.5, 0.6) is 5.75 Å². The molecule has 0 radical (unpaired) electrons. The van der Waals surface area contributed by atoms with Crippen LogP contribution in [-0.4, -0.2) is 23.5 Å². The monoisotopic (exact) mass is 281 g/mol. The van der Waals surface area contributed by atoms with Crippen LogP contribution in [0.2, 0.25) is 0 Å². The van der Waals surface area contributed by atoms with Crippen molar-refractivity contribution < 1.29 is 9.90 Å². The van der Waals surface area contributed by atoms with Gasteiger partial charge in [-0.1, -0.05) is 27.7 Å². The van der Waals surface area contributed by atoms with Gasteiger partial charge in [-0.3, -0.25) is 4.79 Å². The Balaban J connectivity index is 0. The van der Waals surface area contributed by atoms with E-state index >= 15 is 0 Å². The summed E-state index contributed by atoms with van der Waals surface area (Å²) in [6.07, 6.45) is 0. The predicted molar refractivity (Wildman–Crippen MR) is 87.5 cm³/mol. The van der Waals surface area contributed by atoms with Crippen molar-refractivity contribution in [2.24, 2.45) is 0 Å². The summed E-state index contributed by atoms with van der Waals surface area (Å²) in [4.78, 5) is 10.3. The molecule has 2 N–H and O–H groups in total. The van der Waals surface area contributed by atoms with Gasteiger partial charge >= 0.3 is 0 Å². The van der Waals surface area contributed by atoms with Crippen LogP contribution in [0.4, 0.5) is 0 Å². The molecule has 1 aromatic carbocycles. The fourth-order valence-electron chi connectivity index (χ4n) is 1.36. The van der Waals surface area contributed by atoms with Crippen molar-refractivity contribution in [2.75, 3.05) is 6.54 Å². The van der Waals surface area contributed by atoms with Gasteiger partial charge in [-0.05, 0) is 56.5 Å². The predicted octanol–water partition coefficient (Wildman–Crippen LogP) is 3.92. The third kappa shape index (κ3) is 10.6. The summed E-state index contributed by atoms with van der Waals surface area (Å²) in [6, 6.07) is 3.98. The van der Waals surface area contributed by atoms with E-state index in [1.54, 1.807) is 19.1 Å². The highest BCUT2D eigenvalue weighted by atomic mass is 16.3. The first kappa shape index (κ1) is 21.0. The van der Waals surface area contributed by atoms with Gasteiger partial charge in [0.25, 0.3) is 0 Å². The van der Waals surface area contributed by atoms with Crippen molar-refractivity contribution in [3.05, 3.63) is 28.8 Å². The Kier molecular flexibility index (Phi) is 12.0. The molecule has 0 atom stereocenters. The zero-order valence-electron chi connectivity index (χ0n) is 14.3. The number of aryl methyl sites for hydroxylation is 2. The number of benzene rings is 1. The average molecular weight is 281 g/mol. The van der Waals surface area contributed by atoms with E-state index in [1.807, 2.05) is 41.5 Å².